The lowest BCUT2D eigenvalue weighted by molar-refractivity contribution is 0.602. The molecule has 0 N–H and O–H groups in total. The number of aromatic nitrogens is 1. The molecule has 0 aliphatic carbocycles. The van der Waals surface area contributed by atoms with E-state index in [1.165, 1.54) is 6.39 Å². The van der Waals surface area contributed by atoms with E-state index in [9.17, 15) is 0 Å². The Morgan fingerprint density at radius 1 is 1.53 bits per heavy atom. The van der Waals surface area contributed by atoms with Gasteiger partial charge in [0.15, 0.2) is 12.0 Å². The van der Waals surface area contributed by atoms with E-state index in [2.05, 4.69) is 11.1 Å². The summed E-state index contributed by atoms with van der Waals surface area (Å²) in [7, 11) is 1.88. The van der Waals surface area contributed by atoms with Gasteiger partial charge in [0, 0.05) is 18.8 Å². The second-order valence-corrected chi connectivity index (χ2v) is 3.42. The minimum Gasteiger partial charge on any atom is -0.443 e. The molecular formula is C11H11N3O. The summed E-state index contributed by atoms with van der Waals surface area (Å²) in [5.74, 6) is 0. The van der Waals surface area contributed by atoms with Crippen molar-refractivity contribution in [2.75, 3.05) is 11.9 Å². The molecule has 0 saturated carbocycles. The van der Waals surface area contributed by atoms with E-state index in [0.717, 1.165) is 16.8 Å². The van der Waals surface area contributed by atoms with E-state index < -0.39 is 0 Å². The molecule has 1 atom stereocenters. The Bertz CT molecular complexity index is 512. The highest BCUT2D eigenvalue weighted by Crippen LogP contribution is 2.21. The number of oxazole rings is 1. The first kappa shape index (κ1) is 9.53. The van der Waals surface area contributed by atoms with E-state index in [4.69, 9.17) is 9.68 Å². The smallest absolute Gasteiger partial charge is 0.181 e. The maximum Gasteiger partial charge on any atom is 0.181 e. The van der Waals surface area contributed by atoms with Crippen LogP contribution < -0.4 is 4.90 Å². The minimum atomic E-state index is -0.162. The molecule has 0 saturated heterocycles. The van der Waals surface area contributed by atoms with Crippen molar-refractivity contribution in [2.45, 2.75) is 13.0 Å². The van der Waals surface area contributed by atoms with Crippen LogP contribution in [-0.2, 0) is 0 Å². The van der Waals surface area contributed by atoms with Crippen LogP contribution >= 0.6 is 0 Å². The predicted molar refractivity (Wildman–Crippen MR) is 57.5 cm³/mol. The largest absolute Gasteiger partial charge is 0.443 e. The van der Waals surface area contributed by atoms with Gasteiger partial charge in [0.25, 0.3) is 0 Å². The fourth-order valence-electron chi connectivity index (χ4n) is 1.37. The zero-order chi connectivity index (χ0) is 10.8. The first-order valence-corrected chi connectivity index (χ1v) is 4.68. The minimum absolute atomic E-state index is 0.162. The zero-order valence-electron chi connectivity index (χ0n) is 8.64. The van der Waals surface area contributed by atoms with Gasteiger partial charge in [-0.3, -0.25) is 0 Å². The summed E-state index contributed by atoms with van der Waals surface area (Å²) in [5.41, 5.74) is 2.52. The Balaban J connectivity index is 2.40. The van der Waals surface area contributed by atoms with Gasteiger partial charge >= 0.3 is 0 Å². The average Bonchev–Trinajstić information content (AvgIpc) is 2.73. The molecule has 2 aromatic rings. The number of fused-ring (bicyclic) bond motifs is 1. The molecule has 0 radical (unpaired) electrons. The van der Waals surface area contributed by atoms with Crippen LogP contribution in [0.2, 0.25) is 0 Å². The highest BCUT2D eigenvalue weighted by Gasteiger charge is 2.09. The molecule has 0 bridgehead atoms. The summed E-state index contributed by atoms with van der Waals surface area (Å²) in [6.45, 7) is 1.85. The van der Waals surface area contributed by atoms with Crippen LogP contribution in [0.5, 0.6) is 0 Å². The number of nitrogens with zero attached hydrogens (tertiary/aromatic N) is 3. The normalized spacial score (nSPS) is 12.3. The Labute approximate surface area is 87.7 Å². The van der Waals surface area contributed by atoms with Crippen molar-refractivity contribution in [2.24, 2.45) is 0 Å². The van der Waals surface area contributed by atoms with Crippen molar-refractivity contribution in [3.8, 4) is 6.07 Å². The molecule has 15 heavy (non-hydrogen) atoms. The molecule has 1 heterocycles. The molecular weight excluding hydrogens is 190 g/mol. The topological polar surface area (TPSA) is 53.1 Å². The van der Waals surface area contributed by atoms with Crippen LogP contribution in [0.1, 0.15) is 6.92 Å². The molecule has 1 aromatic carbocycles. The van der Waals surface area contributed by atoms with Gasteiger partial charge in [-0.2, -0.15) is 5.26 Å². The fraction of sp³-hybridized carbons (Fsp3) is 0.273. The van der Waals surface area contributed by atoms with Gasteiger partial charge in [0.1, 0.15) is 11.6 Å². The van der Waals surface area contributed by atoms with Gasteiger partial charge in [-0.1, -0.05) is 0 Å². The van der Waals surface area contributed by atoms with E-state index in [0.29, 0.717) is 0 Å². The van der Waals surface area contributed by atoms with Crippen molar-refractivity contribution < 1.29 is 4.42 Å². The monoisotopic (exact) mass is 201 g/mol. The van der Waals surface area contributed by atoms with Crippen molar-refractivity contribution in [1.29, 1.82) is 5.26 Å². The Hall–Kier alpha value is -2.02. The summed E-state index contributed by atoms with van der Waals surface area (Å²) in [4.78, 5) is 5.92. The number of anilines is 1. The van der Waals surface area contributed by atoms with Gasteiger partial charge < -0.3 is 9.32 Å². The van der Waals surface area contributed by atoms with E-state index >= 15 is 0 Å². The number of hydrogen-bond donors (Lipinski definition) is 0. The lowest BCUT2D eigenvalue weighted by Crippen LogP contribution is -2.26. The molecule has 0 aliphatic heterocycles. The molecule has 1 unspecified atom stereocenters. The summed E-state index contributed by atoms with van der Waals surface area (Å²) in [6.07, 6.45) is 1.42. The molecule has 1 aromatic heterocycles. The van der Waals surface area contributed by atoms with E-state index in [1.807, 2.05) is 37.1 Å². The third-order valence-corrected chi connectivity index (χ3v) is 2.49. The maximum absolute atomic E-state index is 8.81. The molecule has 0 fully saturated rings. The van der Waals surface area contributed by atoms with Gasteiger partial charge in [0.2, 0.25) is 0 Å². The van der Waals surface area contributed by atoms with E-state index in [-0.39, 0.29) is 6.04 Å². The van der Waals surface area contributed by atoms with Gasteiger partial charge in [-0.05, 0) is 19.1 Å². The van der Waals surface area contributed by atoms with Crippen molar-refractivity contribution in [3.63, 3.8) is 0 Å². The van der Waals surface area contributed by atoms with Crippen LogP contribution in [0.3, 0.4) is 0 Å². The van der Waals surface area contributed by atoms with Crippen LogP contribution in [-0.4, -0.2) is 18.1 Å². The number of benzene rings is 1. The van der Waals surface area contributed by atoms with Crippen LogP contribution in [0, 0.1) is 11.3 Å². The van der Waals surface area contributed by atoms with Crippen LogP contribution in [0.25, 0.3) is 11.1 Å². The molecule has 0 aliphatic rings. The fourth-order valence-corrected chi connectivity index (χ4v) is 1.37. The van der Waals surface area contributed by atoms with Crippen molar-refractivity contribution in [1.82, 2.24) is 4.98 Å². The Morgan fingerprint density at radius 3 is 3.07 bits per heavy atom. The quantitative estimate of drug-likeness (QED) is 0.747. The van der Waals surface area contributed by atoms with Gasteiger partial charge in [-0.15, -0.1) is 0 Å². The average molecular weight is 201 g/mol. The van der Waals surface area contributed by atoms with Crippen molar-refractivity contribution in [3.05, 3.63) is 24.6 Å². The number of hydrogen-bond acceptors (Lipinski definition) is 4. The van der Waals surface area contributed by atoms with Gasteiger partial charge in [-0.25, -0.2) is 4.98 Å². The standard InChI is InChI=1S/C11H11N3O/c1-8(6-12)14(2)9-3-4-10-11(5-9)15-7-13-10/h3-5,7-8H,1-2H3. The molecule has 0 spiro atoms. The predicted octanol–water partition coefficient (Wildman–Crippen LogP) is 2.18. The Morgan fingerprint density at radius 2 is 2.33 bits per heavy atom. The summed E-state index contributed by atoms with van der Waals surface area (Å²) < 4.78 is 5.20. The van der Waals surface area contributed by atoms with E-state index in [1.54, 1.807) is 0 Å². The molecule has 2 rings (SSSR count). The molecule has 76 valence electrons. The highest BCUT2D eigenvalue weighted by molar-refractivity contribution is 5.77. The lowest BCUT2D eigenvalue weighted by atomic mass is 10.2. The SMILES string of the molecule is CC(C#N)N(C)c1ccc2ncoc2c1. The molecule has 0 amide bonds. The third kappa shape index (κ3) is 1.64. The highest BCUT2D eigenvalue weighted by atomic mass is 16.3. The third-order valence-electron chi connectivity index (χ3n) is 2.49. The second kappa shape index (κ2) is 3.62. The number of nitriles is 1. The van der Waals surface area contributed by atoms with Crippen LogP contribution in [0.15, 0.2) is 29.0 Å². The zero-order valence-corrected chi connectivity index (χ0v) is 8.64. The maximum atomic E-state index is 8.81. The number of rotatable bonds is 2. The lowest BCUT2D eigenvalue weighted by Gasteiger charge is -2.21. The first-order chi connectivity index (χ1) is 7.22. The summed E-state index contributed by atoms with van der Waals surface area (Å²) in [6, 6.07) is 7.72. The summed E-state index contributed by atoms with van der Waals surface area (Å²) in [5, 5.41) is 8.81. The first-order valence-electron chi connectivity index (χ1n) is 4.68. The van der Waals surface area contributed by atoms with Crippen LogP contribution in [0.4, 0.5) is 5.69 Å². The second-order valence-electron chi connectivity index (χ2n) is 3.42. The molecule has 4 heteroatoms. The Kier molecular flexibility index (Phi) is 2.30. The van der Waals surface area contributed by atoms with Crippen molar-refractivity contribution >= 4 is 16.8 Å². The summed E-state index contributed by atoms with van der Waals surface area (Å²) >= 11 is 0. The molecule has 4 nitrogen and oxygen atoms in total. The van der Waals surface area contributed by atoms with Gasteiger partial charge in [0.05, 0.1) is 6.07 Å².